The zero-order valence-corrected chi connectivity index (χ0v) is 13.0. The lowest BCUT2D eigenvalue weighted by molar-refractivity contribution is 0.498. The first-order valence-electron chi connectivity index (χ1n) is 7.89. The van der Waals surface area contributed by atoms with Crippen LogP contribution in [0.5, 0.6) is 0 Å². The van der Waals surface area contributed by atoms with E-state index in [0.717, 1.165) is 12.5 Å². The molecule has 2 rings (SSSR count). The number of hydrogen-bond acceptors (Lipinski definition) is 1. The van der Waals surface area contributed by atoms with E-state index in [0.29, 0.717) is 6.04 Å². The van der Waals surface area contributed by atoms with Crippen molar-refractivity contribution in [2.75, 3.05) is 6.54 Å². The van der Waals surface area contributed by atoms with Crippen molar-refractivity contribution in [2.24, 2.45) is 5.92 Å². The molecule has 0 aliphatic carbocycles. The van der Waals surface area contributed by atoms with E-state index in [1.165, 1.54) is 35.6 Å². The number of unbranched alkanes of at least 4 members (excludes halogenated alkanes) is 1. The molecule has 1 N–H and O–H groups in total. The minimum absolute atomic E-state index is 0.429. The van der Waals surface area contributed by atoms with Crippen LogP contribution in [0.2, 0.25) is 0 Å². The second kappa shape index (κ2) is 7.44. The maximum absolute atomic E-state index is 3.64. The number of hydrogen-bond donors (Lipinski definition) is 1. The standard InChI is InChI=1S/C19H27N/c1-15(2)8-6-7-13-20-16(3)18-12-11-17-9-4-5-10-19(17)14-18/h4-5,9-12,14-16,20H,6-8,13H2,1-3H3. The Balaban J connectivity index is 1.86. The molecule has 0 saturated carbocycles. The van der Waals surface area contributed by atoms with Crippen molar-refractivity contribution < 1.29 is 0 Å². The van der Waals surface area contributed by atoms with E-state index in [2.05, 4.69) is 68.6 Å². The third kappa shape index (κ3) is 4.35. The van der Waals surface area contributed by atoms with Crippen LogP contribution in [0.1, 0.15) is 51.6 Å². The first-order chi connectivity index (χ1) is 9.66. The van der Waals surface area contributed by atoms with Crippen LogP contribution in [0.25, 0.3) is 10.8 Å². The smallest absolute Gasteiger partial charge is 0.0292 e. The highest BCUT2D eigenvalue weighted by Gasteiger charge is 2.05. The molecule has 0 fully saturated rings. The predicted molar refractivity (Wildman–Crippen MR) is 89.1 cm³/mol. The molecule has 1 atom stereocenters. The molecule has 0 amide bonds. The summed E-state index contributed by atoms with van der Waals surface area (Å²) in [6.45, 7) is 7.96. The van der Waals surface area contributed by atoms with Crippen LogP contribution in [0.4, 0.5) is 0 Å². The predicted octanol–water partition coefficient (Wildman–Crippen LogP) is 5.32. The summed E-state index contributed by atoms with van der Waals surface area (Å²) in [6.07, 6.45) is 3.94. The van der Waals surface area contributed by atoms with E-state index in [4.69, 9.17) is 0 Å². The summed E-state index contributed by atoms with van der Waals surface area (Å²) in [5.74, 6) is 0.827. The number of fused-ring (bicyclic) bond motifs is 1. The lowest BCUT2D eigenvalue weighted by Crippen LogP contribution is -2.19. The van der Waals surface area contributed by atoms with E-state index in [9.17, 15) is 0 Å². The van der Waals surface area contributed by atoms with Crippen molar-refractivity contribution in [1.29, 1.82) is 0 Å². The fourth-order valence-corrected chi connectivity index (χ4v) is 2.59. The fraction of sp³-hybridized carbons (Fsp3) is 0.474. The average Bonchev–Trinajstić information content (AvgIpc) is 2.46. The van der Waals surface area contributed by atoms with Crippen LogP contribution in [0.3, 0.4) is 0 Å². The van der Waals surface area contributed by atoms with Gasteiger partial charge in [0.25, 0.3) is 0 Å². The van der Waals surface area contributed by atoms with E-state index in [-0.39, 0.29) is 0 Å². The molecule has 0 aliphatic rings. The lowest BCUT2D eigenvalue weighted by atomic mass is 10.0. The normalized spacial score (nSPS) is 13.0. The third-order valence-electron chi connectivity index (χ3n) is 3.93. The molecule has 1 unspecified atom stereocenters. The monoisotopic (exact) mass is 269 g/mol. The van der Waals surface area contributed by atoms with Crippen LogP contribution >= 0.6 is 0 Å². The minimum atomic E-state index is 0.429. The molecule has 0 saturated heterocycles. The topological polar surface area (TPSA) is 12.0 Å². The van der Waals surface area contributed by atoms with Crippen molar-refractivity contribution in [1.82, 2.24) is 5.32 Å². The van der Waals surface area contributed by atoms with Crippen molar-refractivity contribution in [3.05, 3.63) is 48.0 Å². The molecule has 1 heteroatoms. The molecule has 2 aromatic rings. The highest BCUT2D eigenvalue weighted by Crippen LogP contribution is 2.20. The highest BCUT2D eigenvalue weighted by atomic mass is 14.9. The van der Waals surface area contributed by atoms with Crippen LogP contribution in [0, 0.1) is 5.92 Å². The largest absolute Gasteiger partial charge is 0.310 e. The van der Waals surface area contributed by atoms with Crippen LogP contribution in [0.15, 0.2) is 42.5 Å². The average molecular weight is 269 g/mol. The van der Waals surface area contributed by atoms with E-state index >= 15 is 0 Å². The molecule has 20 heavy (non-hydrogen) atoms. The van der Waals surface area contributed by atoms with Crippen LogP contribution in [-0.2, 0) is 0 Å². The maximum atomic E-state index is 3.64. The van der Waals surface area contributed by atoms with Crippen molar-refractivity contribution in [3.8, 4) is 0 Å². The van der Waals surface area contributed by atoms with Gasteiger partial charge in [-0.2, -0.15) is 0 Å². The summed E-state index contributed by atoms with van der Waals surface area (Å²) in [5.41, 5.74) is 1.38. The highest BCUT2D eigenvalue weighted by molar-refractivity contribution is 5.83. The number of nitrogens with one attached hydrogen (secondary N) is 1. The Hall–Kier alpha value is -1.34. The summed E-state index contributed by atoms with van der Waals surface area (Å²) in [4.78, 5) is 0. The summed E-state index contributed by atoms with van der Waals surface area (Å²) < 4.78 is 0. The van der Waals surface area contributed by atoms with Crippen molar-refractivity contribution >= 4 is 10.8 Å². The summed E-state index contributed by atoms with van der Waals surface area (Å²) in [7, 11) is 0. The Morgan fingerprint density at radius 2 is 1.65 bits per heavy atom. The van der Waals surface area contributed by atoms with Crippen LogP contribution in [-0.4, -0.2) is 6.54 Å². The van der Waals surface area contributed by atoms with Gasteiger partial charge >= 0.3 is 0 Å². The zero-order valence-electron chi connectivity index (χ0n) is 13.0. The fourth-order valence-electron chi connectivity index (χ4n) is 2.59. The Labute approximate surface area is 123 Å². The van der Waals surface area contributed by atoms with Gasteiger partial charge in [0.05, 0.1) is 0 Å². The molecule has 1 nitrogen and oxygen atoms in total. The van der Waals surface area contributed by atoms with Gasteiger partial charge < -0.3 is 5.32 Å². The van der Waals surface area contributed by atoms with Gasteiger partial charge in [-0.3, -0.25) is 0 Å². The van der Waals surface area contributed by atoms with Gasteiger partial charge in [-0.05, 0) is 48.2 Å². The Kier molecular flexibility index (Phi) is 5.60. The first kappa shape index (κ1) is 15.1. The molecule has 108 valence electrons. The first-order valence-corrected chi connectivity index (χ1v) is 7.89. The minimum Gasteiger partial charge on any atom is -0.310 e. The Morgan fingerprint density at radius 3 is 2.40 bits per heavy atom. The van der Waals surface area contributed by atoms with Gasteiger partial charge in [0.1, 0.15) is 0 Å². The summed E-state index contributed by atoms with van der Waals surface area (Å²) in [6, 6.07) is 15.8. The van der Waals surface area contributed by atoms with E-state index in [1.54, 1.807) is 0 Å². The van der Waals surface area contributed by atoms with E-state index in [1.807, 2.05) is 0 Å². The third-order valence-corrected chi connectivity index (χ3v) is 3.93. The Morgan fingerprint density at radius 1 is 0.900 bits per heavy atom. The molecule has 0 aliphatic heterocycles. The Bertz CT molecular complexity index is 530. The van der Waals surface area contributed by atoms with Gasteiger partial charge in [0.2, 0.25) is 0 Å². The number of rotatable bonds is 7. The van der Waals surface area contributed by atoms with Gasteiger partial charge in [0.15, 0.2) is 0 Å². The summed E-state index contributed by atoms with van der Waals surface area (Å²) in [5, 5.41) is 6.29. The molecular weight excluding hydrogens is 242 g/mol. The molecule has 0 spiro atoms. The van der Waals surface area contributed by atoms with Gasteiger partial charge in [0, 0.05) is 6.04 Å². The molecule has 0 heterocycles. The van der Waals surface area contributed by atoms with Crippen molar-refractivity contribution in [2.45, 2.75) is 46.1 Å². The number of benzene rings is 2. The van der Waals surface area contributed by atoms with Gasteiger partial charge in [-0.25, -0.2) is 0 Å². The quantitative estimate of drug-likeness (QED) is 0.671. The van der Waals surface area contributed by atoms with Gasteiger partial charge in [-0.1, -0.05) is 63.1 Å². The molecular formula is C19H27N. The summed E-state index contributed by atoms with van der Waals surface area (Å²) >= 11 is 0. The maximum Gasteiger partial charge on any atom is 0.0292 e. The molecule has 0 radical (unpaired) electrons. The SMILES string of the molecule is CC(C)CCCCNC(C)c1ccc2ccccc2c1. The second-order valence-corrected chi connectivity index (χ2v) is 6.17. The second-order valence-electron chi connectivity index (χ2n) is 6.17. The zero-order chi connectivity index (χ0) is 14.4. The van der Waals surface area contributed by atoms with Crippen LogP contribution < -0.4 is 5.32 Å². The molecule has 0 bridgehead atoms. The molecule has 2 aromatic carbocycles. The molecule has 0 aromatic heterocycles. The van der Waals surface area contributed by atoms with Crippen molar-refractivity contribution in [3.63, 3.8) is 0 Å². The lowest BCUT2D eigenvalue weighted by Gasteiger charge is -2.15. The van der Waals surface area contributed by atoms with Gasteiger partial charge in [-0.15, -0.1) is 0 Å². The van der Waals surface area contributed by atoms with E-state index < -0.39 is 0 Å².